The molecule has 174 valence electrons. The topological polar surface area (TPSA) is 84.3 Å². The van der Waals surface area contributed by atoms with Gasteiger partial charge in [0, 0.05) is 12.5 Å². The average Bonchev–Trinajstić information content (AvgIpc) is 2.79. The Labute approximate surface area is 192 Å². The number of benzene rings is 2. The molecule has 1 aromatic heterocycles. The zero-order valence-corrected chi connectivity index (χ0v) is 20.0. The SMILES string of the molecule is CC(C)(C)[Si](OCC1CC(n2cc(F)c(=O)[nH]c2=O)C1O)(c1ccccc1)c1ccccc1. The summed E-state index contributed by atoms with van der Waals surface area (Å²) >= 11 is 0. The molecule has 0 saturated heterocycles. The normalized spacial score (nSPS) is 20.9. The molecule has 1 heterocycles. The van der Waals surface area contributed by atoms with Crippen molar-refractivity contribution in [1.29, 1.82) is 0 Å². The van der Waals surface area contributed by atoms with E-state index in [2.05, 4.69) is 45.0 Å². The molecule has 8 heteroatoms. The summed E-state index contributed by atoms with van der Waals surface area (Å²) in [5.41, 5.74) is -1.78. The number of rotatable bonds is 6. The summed E-state index contributed by atoms with van der Waals surface area (Å²) in [5.74, 6) is -1.26. The van der Waals surface area contributed by atoms with Gasteiger partial charge in [-0.2, -0.15) is 4.39 Å². The summed E-state index contributed by atoms with van der Waals surface area (Å²) in [5, 5.41) is 12.9. The number of hydrogen-bond acceptors (Lipinski definition) is 4. The standard InChI is InChI=1S/C25H29FN2O4Si/c1-25(2,3)33(18-10-6-4-7-11-18,19-12-8-5-9-13-19)32-16-17-14-21(22(17)29)28-15-20(26)23(30)27-24(28)31/h4-13,15,17,21-22,29H,14,16H2,1-3H3,(H,27,30,31). The van der Waals surface area contributed by atoms with Crippen LogP contribution in [-0.4, -0.2) is 35.7 Å². The molecule has 3 atom stereocenters. The van der Waals surface area contributed by atoms with Crippen molar-refractivity contribution in [3.8, 4) is 0 Å². The van der Waals surface area contributed by atoms with Crippen LogP contribution in [0.4, 0.5) is 4.39 Å². The number of nitrogens with zero attached hydrogens (tertiary/aromatic N) is 1. The van der Waals surface area contributed by atoms with E-state index in [1.807, 2.05) is 41.4 Å². The smallest absolute Gasteiger partial charge is 0.328 e. The molecule has 0 radical (unpaired) electrons. The molecule has 1 fully saturated rings. The molecule has 4 rings (SSSR count). The Bertz CT molecular complexity index is 1180. The van der Waals surface area contributed by atoms with Gasteiger partial charge in [-0.3, -0.25) is 14.3 Å². The van der Waals surface area contributed by atoms with Crippen molar-refractivity contribution in [3.63, 3.8) is 0 Å². The summed E-state index contributed by atoms with van der Waals surface area (Å²) in [6, 6.07) is 19.8. The third-order valence-electron chi connectivity index (χ3n) is 6.63. The summed E-state index contributed by atoms with van der Waals surface area (Å²) in [7, 11) is -2.74. The predicted octanol–water partition coefficient (Wildman–Crippen LogP) is 2.17. The molecule has 6 nitrogen and oxygen atoms in total. The quantitative estimate of drug-likeness (QED) is 0.543. The predicted molar refractivity (Wildman–Crippen MR) is 128 cm³/mol. The first-order chi connectivity index (χ1) is 15.6. The van der Waals surface area contributed by atoms with Crippen molar-refractivity contribution in [2.75, 3.05) is 6.61 Å². The second-order valence-corrected chi connectivity index (χ2v) is 14.0. The average molecular weight is 469 g/mol. The molecule has 0 aliphatic heterocycles. The monoisotopic (exact) mass is 468 g/mol. The Morgan fingerprint density at radius 3 is 2.09 bits per heavy atom. The zero-order chi connectivity index (χ0) is 23.8. The molecule has 0 spiro atoms. The van der Waals surface area contributed by atoms with Gasteiger partial charge in [0.2, 0.25) is 5.82 Å². The minimum Gasteiger partial charge on any atom is -0.407 e. The van der Waals surface area contributed by atoms with E-state index < -0.39 is 37.5 Å². The van der Waals surface area contributed by atoms with Crippen molar-refractivity contribution in [2.24, 2.45) is 5.92 Å². The van der Waals surface area contributed by atoms with Crippen molar-refractivity contribution in [2.45, 2.75) is 44.4 Å². The number of aliphatic hydroxyl groups is 1. The largest absolute Gasteiger partial charge is 0.407 e. The Kier molecular flexibility index (Phi) is 6.26. The minimum atomic E-state index is -2.74. The van der Waals surface area contributed by atoms with E-state index in [1.165, 1.54) is 0 Å². The van der Waals surface area contributed by atoms with Crippen molar-refractivity contribution in [1.82, 2.24) is 9.55 Å². The maximum absolute atomic E-state index is 13.7. The molecule has 3 aromatic rings. The number of aliphatic hydroxyl groups excluding tert-OH is 1. The van der Waals surface area contributed by atoms with Crippen LogP contribution in [0.25, 0.3) is 0 Å². The lowest BCUT2D eigenvalue weighted by Crippen LogP contribution is -2.67. The van der Waals surface area contributed by atoms with E-state index in [0.29, 0.717) is 13.0 Å². The van der Waals surface area contributed by atoms with Gasteiger partial charge in [-0.05, 0) is 21.8 Å². The molecule has 2 aromatic carbocycles. The van der Waals surface area contributed by atoms with Crippen LogP contribution >= 0.6 is 0 Å². The van der Waals surface area contributed by atoms with Gasteiger partial charge in [-0.15, -0.1) is 0 Å². The fourth-order valence-electron chi connectivity index (χ4n) is 4.85. The molecule has 2 N–H and O–H groups in total. The molecule has 1 saturated carbocycles. The first kappa shape index (κ1) is 23.3. The second kappa shape index (κ2) is 8.85. The second-order valence-electron chi connectivity index (χ2n) is 9.67. The van der Waals surface area contributed by atoms with Crippen LogP contribution < -0.4 is 21.6 Å². The van der Waals surface area contributed by atoms with Crippen LogP contribution in [0.3, 0.4) is 0 Å². The van der Waals surface area contributed by atoms with Crippen LogP contribution in [0.5, 0.6) is 0 Å². The summed E-state index contributed by atoms with van der Waals surface area (Å²) < 4.78 is 21.6. The third kappa shape index (κ3) is 4.14. The zero-order valence-electron chi connectivity index (χ0n) is 19.0. The Balaban J connectivity index is 1.62. The lowest BCUT2D eigenvalue weighted by molar-refractivity contribution is -0.0553. The fourth-order valence-corrected chi connectivity index (χ4v) is 9.47. The highest BCUT2D eigenvalue weighted by molar-refractivity contribution is 6.99. The lowest BCUT2D eigenvalue weighted by Gasteiger charge is -2.47. The summed E-state index contributed by atoms with van der Waals surface area (Å²) in [4.78, 5) is 25.4. The minimum absolute atomic E-state index is 0.192. The van der Waals surface area contributed by atoms with Gasteiger partial charge in [0.05, 0.1) is 18.3 Å². The highest BCUT2D eigenvalue weighted by Gasteiger charge is 2.52. The van der Waals surface area contributed by atoms with Crippen LogP contribution in [0.1, 0.15) is 33.2 Å². The first-order valence-corrected chi connectivity index (χ1v) is 13.0. The van der Waals surface area contributed by atoms with Gasteiger partial charge in [0.25, 0.3) is 13.9 Å². The van der Waals surface area contributed by atoms with Crippen LogP contribution in [0.2, 0.25) is 5.04 Å². The van der Waals surface area contributed by atoms with E-state index in [0.717, 1.165) is 21.1 Å². The van der Waals surface area contributed by atoms with Gasteiger partial charge in [-0.25, -0.2) is 4.79 Å². The number of nitrogens with one attached hydrogen (secondary N) is 1. The van der Waals surface area contributed by atoms with Crippen molar-refractivity contribution >= 4 is 18.7 Å². The van der Waals surface area contributed by atoms with Crippen molar-refractivity contribution in [3.05, 3.63) is 93.5 Å². The fraction of sp³-hybridized carbons (Fsp3) is 0.360. The van der Waals surface area contributed by atoms with Gasteiger partial charge < -0.3 is 9.53 Å². The molecule has 0 amide bonds. The number of aromatic nitrogens is 2. The van der Waals surface area contributed by atoms with E-state index in [4.69, 9.17) is 4.43 Å². The molecule has 1 aliphatic rings. The van der Waals surface area contributed by atoms with E-state index in [-0.39, 0.29) is 11.0 Å². The molecular weight excluding hydrogens is 439 g/mol. The van der Waals surface area contributed by atoms with Gasteiger partial charge in [0.1, 0.15) is 0 Å². The molecule has 33 heavy (non-hydrogen) atoms. The molecular formula is C25H29FN2O4Si. The van der Waals surface area contributed by atoms with Crippen LogP contribution in [0.15, 0.2) is 76.4 Å². The first-order valence-electron chi connectivity index (χ1n) is 11.1. The van der Waals surface area contributed by atoms with Gasteiger partial charge in [-0.1, -0.05) is 81.4 Å². The van der Waals surface area contributed by atoms with Gasteiger partial charge in [0.15, 0.2) is 0 Å². The maximum atomic E-state index is 13.7. The van der Waals surface area contributed by atoms with E-state index >= 15 is 0 Å². The molecule has 1 aliphatic carbocycles. The highest BCUT2D eigenvalue weighted by atomic mass is 28.4. The van der Waals surface area contributed by atoms with Crippen LogP contribution in [-0.2, 0) is 4.43 Å². The van der Waals surface area contributed by atoms with E-state index in [1.54, 1.807) is 0 Å². The summed E-state index contributed by atoms with van der Waals surface area (Å²) in [6.07, 6.45) is 0.435. The molecule has 0 bridgehead atoms. The maximum Gasteiger partial charge on any atom is 0.328 e. The number of H-pyrrole nitrogens is 1. The van der Waals surface area contributed by atoms with Crippen LogP contribution in [0, 0.1) is 11.7 Å². The third-order valence-corrected chi connectivity index (χ3v) is 11.6. The number of hydrogen-bond donors (Lipinski definition) is 2. The highest BCUT2D eigenvalue weighted by Crippen LogP contribution is 2.41. The lowest BCUT2D eigenvalue weighted by atomic mass is 9.77. The Morgan fingerprint density at radius 2 is 1.61 bits per heavy atom. The Morgan fingerprint density at radius 1 is 1.06 bits per heavy atom. The number of aromatic amines is 1. The molecule has 3 unspecified atom stereocenters. The summed E-state index contributed by atoms with van der Waals surface area (Å²) in [6.45, 7) is 6.86. The van der Waals surface area contributed by atoms with E-state index in [9.17, 15) is 19.1 Å². The Hall–Kier alpha value is -2.81. The van der Waals surface area contributed by atoms with Crippen molar-refractivity contribution < 1.29 is 13.9 Å². The number of halogens is 1. The van der Waals surface area contributed by atoms with Gasteiger partial charge >= 0.3 is 5.69 Å².